The molecule has 182 valence electrons. The zero-order valence-electron chi connectivity index (χ0n) is 19.6. The van der Waals surface area contributed by atoms with Crippen LogP contribution in [-0.2, 0) is 31.9 Å². The highest BCUT2D eigenvalue weighted by atomic mass is 16.5. The highest BCUT2D eigenvalue weighted by molar-refractivity contribution is 5.87. The molecule has 1 aromatic heterocycles. The van der Waals surface area contributed by atoms with Crippen molar-refractivity contribution in [1.29, 1.82) is 0 Å². The van der Waals surface area contributed by atoms with Crippen LogP contribution in [0.1, 0.15) is 63.1 Å². The number of amides is 1. The predicted octanol–water partition coefficient (Wildman–Crippen LogP) is 2.94. The van der Waals surface area contributed by atoms with Gasteiger partial charge in [0.2, 0.25) is 5.91 Å². The van der Waals surface area contributed by atoms with E-state index in [1.54, 1.807) is 0 Å². The minimum Gasteiger partial charge on any atom is -0.480 e. The average molecular weight is 460 g/mol. The van der Waals surface area contributed by atoms with Gasteiger partial charge in [-0.15, -0.1) is 0 Å². The Balaban J connectivity index is 1.13. The van der Waals surface area contributed by atoms with Gasteiger partial charge in [0.1, 0.15) is 11.9 Å². The number of carbonyl (C=O) groups is 2. The van der Waals surface area contributed by atoms with Crippen molar-refractivity contribution < 1.29 is 24.2 Å². The lowest BCUT2D eigenvalue weighted by molar-refractivity contribution is -0.146. The van der Waals surface area contributed by atoms with Gasteiger partial charge >= 0.3 is 5.97 Å². The van der Waals surface area contributed by atoms with E-state index in [1.807, 2.05) is 6.92 Å². The second kappa shape index (κ2) is 10.8. The van der Waals surface area contributed by atoms with E-state index in [2.05, 4.69) is 22.8 Å². The largest absolute Gasteiger partial charge is 0.480 e. The standard InChI is InChI=1S/C25H37N3O5/c1-25(9-13-32-14-10-25)24(31)28-21(23(29)30)8-12-33-20-15-17(16-20)4-6-19-7-5-18-3-2-11-26-22(18)27-19/h5,7,17,20-21H,2-4,6,8-16H2,1H3,(H,26,27)(H,28,31)(H,29,30)/t17?,20?,21-/m1/s1. The molecule has 0 radical (unpaired) electrons. The van der Waals surface area contributed by atoms with Crippen LogP contribution in [-0.4, -0.2) is 60.5 Å². The van der Waals surface area contributed by atoms with Crippen LogP contribution in [0.25, 0.3) is 0 Å². The fourth-order valence-electron chi connectivity index (χ4n) is 4.90. The molecule has 1 atom stereocenters. The van der Waals surface area contributed by atoms with Gasteiger partial charge in [-0.2, -0.15) is 0 Å². The summed E-state index contributed by atoms with van der Waals surface area (Å²) in [5.74, 6) is 0.470. The monoisotopic (exact) mass is 459 g/mol. The molecule has 0 bridgehead atoms. The number of nitrogens with zero attached hydrogens (tertiary/aromatic N) is 1. The molecule has 0 spiro atoms. The minimum absolute atomic E-state index is 0.186. The van der Waals surface area contributed by atoms with Gasteiger partial charge in [0.25, 0.3) is 0 Å². The summed E-state index contributed by atoms with van der Waals surface area (Å²) in [6, 6.07) is 3.44. The number of ether oxygens (including phenoxy) is 2. The quantitative estimate of drug-likeness (QED) is 0.493. The van der Waals surface area contributed by atoms with Crippen LogP contribution in [0.4, 0.5) is 5.82 Å². The van der Waals surface area contributed by atoms with Crippen molar-refractivity contribution >= 4 is 17.7 Å². The Kier molecular flexibility index (Phi) is 7.86. The Morgan fingerprint density at radius 1 is 1.33 bits per heavy atom. The number of carboxylic acids is 1. The number of hydrogen-bond acceptors (Lipinski definition) is 6. The molecule has 0 aromatic carbocycles. The summed E-state index contributed by atoms with van der Waals surface area (Å²) in [6.07, 6.45) is 8.06. The van der Waals surface area contributed by atoms with E-state index in [0.717, 1.165) is 50.2 Å². The van der Waals surface area contributed by atoms with E-state index < -0.39 is 17.4 Å². The number of aliphatic carboxylic acids is 1. The summed E-state index contributed by atoms with van der Waals surface area (Å²) < 4.78 is 11.2. The second-order valence-corrected chi connectivity index (χ2v) is 10.0. The van der Waals surface area contributed by atoms with Gasteiger partial charge in [0.15, 0.2) is 0 Å². The normalized spacial score (nSPS) is 24.6. The summed E-state index contributed by atoms with van der Waals surface area (Å²) in [6.45, 7) is 4.29. The number of hydrogen-bond donors (Lipinski definition) is 3. The highest BCUT2D eigenvalue weighted by Crippen LogP contribution is 2.34. The number of aromatic nitrogens is 1. The number of carbonyl (C=O) groups excluding carboxylic acids is 1. The number of aryl methyl sites for hydroxylation is 2. The molecule has 4 rings (SSSR count). The fraction of sp³-hybridized carbons (Fsp3) is 0.720. The molecule has 8 nitrogen and oxygen atoms in total. The molecule has 1 amide bonds. The van der Waals surface area contributed by atoms with Gasteiger partial charge in [-0.05, 0) is 68.9 Å². The van der Waals surface area contributed by atoms with Crippen LogP contribution in [0, 0.1) is 11.3 Å². The molecule has 1 aromatic rings. The van der Waals surface area contributed by atoms with Crippen LogP contribution in [0.2, 0.25) is 0 Å². The van der Waals surface area contributed by atoms with Gasteiger partial charge in [-0.3, -0.25) is 4.79 Å². The smallest absolute Gasteiger partial charge is 0.326 e. The first-order valence-electron chi connectivity index (χ1n) is 12.4. The SMILES string of the molecule is CC1(C(=O)N[C@H](CCOC2CC(CCc3ccc4c(n3)NCCC4)C2)C(=O)O)CCOCC1. The summed E-state index contributed by atoms with van der Waals surface area (Å²) >= 11 is 0. The molecule has 8 heteroatoms. The maximum atomic E-state index is 12.6. The molecule has 33 heavy (non-hydrogen) atoms. The molecule has 3 aliphatic rings. The van der Waals surface area contributed by atoms with Crippen molar-refractivity contribution in [3.05, 3.63) is 23.4 Å². The zero-order valence-corrected chi connectivity index (χ0v) is 19.6. The number of pyridine rings is 1. The number of nitrogens with one attached hydrogen (secondary N) is 2. The van der Waals surface area contributed by atoms with Crippen molar-refractivity contribution in [3.63, 3.8) is 0 Å². The number of anilines is 1. The Labute approximate surface area is 195 Å². The molecular weight excluding hydrogens is 422 g/mol. The van der Waals surface area contributed by atoms with Crippen LogP contribution in [0.3, 0.4) is 0 Å². The Bertz CT molecular complexity index is 833. The molecule has 3 N–H and O–H groups in total. The van der Waals surface area contributed by atoms with E-state index in [0.29, 0.717) is 38.6 Å². The third-order valence-corrected chi connectivity index (χ3v) is 7.46. The molecule has 2 fully saturated rings. The fourth-order valence-corrected chi connectivity index (χ4v) is 4.90. The van der Waals surface area contributed by atoms with Crippen LogP contribution in [0.15, 0.2) is 12.1 Å². The average Bonchev–Trinajstić information content (AvgIpc) is 2.79. The lowest BCUT2D eigenvalue weighted by Gasteiger charge is -2.36. The van der Waals surface area contributed by atoms with Gasteiger partial charge in [0, 0.05) is 38.5 Å². The lowest BCUT2D eigenvalue weighted by Crippen LogP contribution is -2.49. The summed E-state index contributed by atoms with van der Waals surface area (Å²) in [5.41, 5.74) is 1.90. The molecule has 1 aliphatic carbocycles. The maximum absolute atomic E-state index is 12.6. The number of fused-ring (bicyclic) bond motifs is 1. The topological polar surface area (TPSA) is 110 Å². The van der Waals surface area contributed by atoms with Crippen molar-refractivity contribution in [3.8, 4) is 0 Å². The summed E-state index contributed by atoms with van der Waals surface area (Å²) in [7, 11) is 0. The zero-order chi connectivity index (χ0) is 23.3. The molecular formula is C25H37N3O5. The number of carboxylic acid groups (broad SMARTS) is 1. The third kappa shape index (κ3) is 6.23. The molecule has 3 heterocycles. The first kappa shape index (κ1) is 24.0. The van der Waals surface area contributed by atoms with Crippen LogP contribution >= 0.6 is 0 Å². The van der Waals surface area contributed by atoms with Crippen LogP contribution < -0.4 is 10.6 Å². The Hall–Kier alpha value is -2.19. The van der Waals surface area contributed by atoms with Gasteiger partial charge in [-0.1, -0.05) is 13.0 Å². The Morgan fingerprint density at radius 2 is 2.12 bits per heavy atom. The first-order valence-corrected chi connectivity index (χ1v) is 12.4. The first-order chi connectivity index (χ1) is 15.9. The van der Waals surface area contributed by atoms with E-state index in [1.165, 1.54) is 12.0 Å². The molecule has 0 unspecified atom stereocenters. The number of rotatable bonds is 10. The third-order valence-electron chi connectivity index (χ3n) is 7.46. The minimum atomic E-state index is -1.01. The van der Waals surface area contributed by atoms with Gasteiger partial charge in [-0.25, -0.2) is 9.78 Å². The summed E-state index contributed by atoms with van der Waals surface area (Å²) in [5, 5.41) is 15.6. The van der Waals surface area contributed by atoms with Crippen molar-refractivity contribution in [1.82, 2.24) is 10.3 Å². The van der Waals surface area contributed by atoms with E-state index in [4.69, 9.17) is 14.5 Å². The van der Waals surface area contributed by atoms with Gasteiger partial charge in [0.05, 0.1) is 11.5 Å². The van der Waals surface area contributed by atoms with Crippen molar-refractivity contribution in [2.45, 2.75) is 76.9 Å². The van der Waals surface area contributed by atoms with E-state index >= 15 is 0 Å². The lowest BCUT2D eigenvalue weighted by atomic mass is 9.79. The molecule has 1 saturated carbocycles. The Morgan fingerprint density at radius 3 is 2.88 bits per heavy atom. The molecule has 1 saturated heterocycles. The second-order valence-electron chi connectivity index (χ2n) is 10.0. The van der Waals surface area contributed by atoms with Crippen molar-refractivity contribution in [2.75, 3.05) is 31.7 Å². The highest BCUT2D eigenvalue weighted by Gasteiger charge is 2.37. The predicted molar refractivity (Wildman–Crippen MR) is 124 cm³/mol. The summed E-state index contributed by atoms with van der Waals surface area (Å²) in [4.78, 5) is 29.0. The van der Waals surface area contributed by atoms with Crippen LogP contribution in [0.5, 0.6) is 0 Å². The maximum Gasteiger partial charge on any atom is 0.326 e. The van der Waals surface area contributed by atoms with E-state index in [9.17, 15) is 14.7 Å². The van der Waals surface area contributed by atoms with Crippen molar-refractivity contribution in [2.24, 2.45) is 11.3 Å². The molecule has 2 aliphatic heterocycles. The van der Waals surface area contributed by atoms with E-state index in [-0.39, 0.29) is 18.4 Å². The van der Waals surface area contributed by atoms with Gasteiger partial charge < -0.3 is 25.2 Å².